The topological polar surface area (TPSA) is 24.9 Å². The van der Waals surface area contributed by atoms with Crippen molar-refractivity contribution in [1.29, 1.82) is 0 Å². The van der Waals surface area contributed by atoms with Crippen LogP contribution in [0.3, 0.4) is 0 Å². The summed E-state index contributed by atoms with van der Waals surface area (Å²) >= 11 is 0. The molecule has 0 fully saturated rings. The van der Waals surface area contributed by atoms with Gasteiger partial charge in [-0.2, -0.15) is 0 Å². The van der Waals surface area contributed by atoms with Gasteiger partial charge in [0, 0.05) is 11.9 Å². The second kappa shape index (κ2) is 5.11. The number of hydrogen-bond donors (Lipinski definition) is 1. The van der Waals surface area contributed by atoms with Crippen LogP contribution in [0, 0.1) is 0 Å². The first-order valence-corrected chi connectivity index (χ1v) is 6.46. The summed E-state index contributed by atoms with van der Waals surface area (Å²) in [6.07, 6.45) is 6.21. The van der Waals surface area contributed by atoms with Gasteiger partial charge in [-0.15, -0.1) is 0 Å². The Morgan fingerprint density at radius 3 is 2.53 bits per heavy atom. The van der Waals surface area contributed by atoms with Crippen molar-refractivity contribution in [2.24, 2.45) is 0 Å². The Hall–Kier alpha value is -2.35. The molecule has 1 unspecified atom stereocenters. The molecule has 0 saturated carbocycles. The molecule has 1 aliphatic rings. The van der Waals surface area contributed by atoms with Crippen LogP contribution in [0.1, 0.15) is 24.2 Å². The summed E-state index contributed by atoms with van der Waals surface area (Å²) in [6, 6.07) is 16.5. The zero-order valence-corrected chi connectivity index (χ0v) is 10.9. The van der Waals surface area contributed by atoms with E-state index in [4.69, 9.17) is 0 Å². The van der Waals surface area contributed by atoms with Gasteiger partial charge in [-0.25, -0.2) is 0 Å². The summed E-state index contributed by atoms with van der Waals surface area (Å²) in [7, 11) is 0. The van der Waals surface area contributed by atoms with E-state index in [1.165, 1.54) is 11.1 Å². The lowest BCUT2D eigenvalue weighted by Crippen LogP contribution is -2.22. The van der Waals surface area contributed by atoms with Crippen LogP contribution in [0.2, 0.25) is 0 Å². The van der Waals surface area contributed by atoms with Crippen molar-refractivity contribution in [2.75, 3.05) is 0 Å². The SMILES string of the molecule is CC1=CC(c2ccccn2)NC(c2ccccc2)=C1. The fraction of sp³-hybridized carbons (Fsp3) is 0.118. The Balaban J connectivity index is 1.92. The van der Waals surface area contributed by atoms with Crippen molar-refractivity contribution in [3.8, 4) is 0 Å². The highest BCUT2D eigenvalue weighted by Crippen LogP contribution is 2.25. The Kier molecular flexibility index (Phi) is 3.15. The molecule has 1 N–H and O–H groups in total. The summed E-state index contributed by atoms with van der Waals surface area (Å²) in [5.41, 5.74) is 4.66. The molecular formula is C17H16N2. The number of dihydropyridines is 1. The molecule has 0 saturated heterocycles. The minimum atomic E-state index is 0.140. The van der Waals surface area contributed by atoms with Crippen molar-refractivity contribution >= 4 is 5.70 Å². The van der Waals surface area contributed by atoms with Gasteiger partial charge in [-0.1, -0.05) is 48.0 Å². The molecule has 19 heavy (non-hydrogen) atoms. The van der Waals surface area contributed by atoms with Crippen LogP contribution in [-0.2, 0) is 0 Å². The summed E-state index contributed by atoms with van der Waals surface area (Å²) in [5, 5.41) is 3.54. The second-order valence-corrected chi connectivity index (χ2v) is 4.71. The smallest absolute Gasteiger partial charge is 0.0875 e. The van der Waals surface area contributed by atoms with Crippen LogP contribution < -0.4 is 5.32 Å². The number of aromatic nitrogens is 1. The molecular weight excluding hydrogens is 232 g/mol. The van der Waals surface area contributed by atoms with E-state index >= 15 is 0 Å². The average Bonchev–Trinajstić information content (AvgIpc) is 2.48. The lowest BCUT2D eigenvalue weighted by molar-refractivity contribution is 0.730. The Morgan fingerprint density at radius 1 is 1.00 bits per heavy atom. The van der Waals surface area contributed by atoms with E-state index in [2.05, 4.69) is 59.7 Å². The van der Waals surface area contributed by atoms with E-state index in [0.29, 0.717) is 0 Å². The zero-order valence-electron chi connectivity index (χ0n) is 10.9. The fourth-order valence-corrected chi connectivity index (χ4v) is 2.29. The molecule has 1 aromatic heterocycles. The van der Waals surface area contributed by atoms with Crippen LogP contribution in [0.15, 0.2) is 72.5 Å². The lowest BCUT2D eigenvalue weighted by Gasteiger charge is -2.23. The van der Waals surface area contributed by atoms with Gasteiger partial charge in [0.05, 0.1) is 11.7 Å². The predicted molar refractivity (Wildman–Crippen MR) is 78.3 cm³/mol. The average molecular weight is 248 g/mol. The minimum absolute atomic E-state index is 0.140. The molecule has 0 spiro atoms. The fourth-order valence-electron chi connectivity index (χ4n) is 2.29. The van der Waals surface area contributed by atoms with Crippen molar-refractivity contribution in [3.05, 3.63) is 83.7 Å². The molecule has 1 aliphatic heterocycles. The van der Waals surface area contributed by atoms with Crippen LogP contribution in [-0.4, -0.2) is 4.98 Å². The van der Waals surface area contributed by atoms with Crippen molar-refractivity contribution in [1.82, 2.24) is 10.3 Å². The number of nitrogens with one attached hydrogen (secondary N) is 1. The highest BCUT2D eigenvalue weighted by Gasteiger charge is 2.16. The molecule has 0 amide bonds. The number of allylic oxidation sites excluding steroid dienone is 2. The first-order chi connectivity index (χ1) is 9.33. The zero-order chi connectivity index (χ0) is 13.1. The number of pyridine rings is 1. The molecule has 1 aromatic carbocycles. The summed E-state index contributed by atoms with van der Waals surface area (Å²) in [6.45, 7) is 2.12. The third kappa shape index (κ3) is 2.58. The van der Waals surface area contributed by atoms with E-state index in [-0.39, 0.29) is 6.04 Å². The van der Waals surface area contributed by atoms with Crippen LogP contribution in [0.5, 0.6) is 0 Å². The summed E-state index contributed by atoms with van der Waals surface area (Å²) < 4.78 is 0. The van der Waals surface area contributed by atoms with Gasteiger partial charge in [0.25, 0.3) is 0 Å². The van der Waals surface area contributed by atoms with E-state index in [9.17, 15) is 0 Å². The van der Waals surface area contributed by atoms with Crippen LogP contribution in [0.25, 0.3) is 5.70 Å². The van der Waals surface area contributed by atoms with E-state index in [1.807, 2.05) is 24.4 Å². The number of benzene rings is 1. The molecule has 2 heterocycles. The first-order valence-electron chi connectivity index (χ1n) is 6.46. The van der Waals surface area contributed by atoms with Gasteiger partial charge >= 0.3 is 0 Å². The molecule has 0 bridgehead atoms. The molecule has 3 rings (SSSR count). The molecule has 2 aromatic rings. The monoisotopic (exact) mass is 248 g/mol. The van der Waals surface area contributed by atoms with Gasteiger partial charge in [0.15, 0.2) is 0 Å². The predicted octanol–water partition coefficient (Wildman–Crippen LogP) is 3.71. The molecule has 2 heteroatoms. The van der Waals surface area contributed by atoms with Gasteiger partial charge in [-0.05, 0) is 30.7 Å². The maximum Gasteiger partial charge on any atom is 0.0875 e. The second-order valence-electron chi connectivity index (χ2n) is 4.71. The maximum absolute atomic E-state index is 4.43. The number of hydrogen-bond acceptors (Lipinski definition) is 2. The van der Waals surface area contributed by atoms with E-state index in [0.717, 1.165) is 11.4 Å². The highest BCUT2D eigenvalue weighted by molar-refractivity contribution is 5.68. The molecule has 2 nitrogen and oxygen atoms in total. The first kappa shape index (κ1) is 11.7. The van der Waals surface area contributed by atoms with E-state index in [1.54, 1.807) is 0 Å². The Bertz CT molecular complexity index is 612. The standard InChI is InChI=1S/C17H16N2/c1-13-11-16(14-7-3-2-4-8-14)19-17(12-13)15-9-5-6-10-18-15/h2-12,17,19H,1H3. The van der Waals surface area contributed by atoms with Crippen LogP contribution >= 0.6 is 0 Å². The van der Waals surface area contributed by atoms with Crippen molar-refractivity contribution in [2.45, 2.75) is 13.0 Å². The normalized spacial score (nSPS) is 18.3. The Labute approximate surface area is 113 Å². The number of rotatable bonds is 2. The van der Waals surface area contributed by atoms with Gasteiger partial charge in [0.2, 0.25) is 0 Å². The summed E-state index contributed by atoms with van der Waals surface area (Å²) in [5.74, 6) is 0. The highest BCUT2D eigenvalue weighted by atomic mass is 15.0. The summed E-state index contributed by atoms with van der Waals surface area (Å²) in [4.78, 5) is 4.43. The van der Waals surface area contributed by atoms with Gasteiger partial charge < -0.3 is 5.32 Å². The quantitative estimate of drug-likeness (QED) is 0.876. The largest absolute Gasteiger partial charge is 0.373 e. The third-order valence-corrected chi connectivity index (χ3v) is 3.20. The van der Waals surface area contributed by atoms with E-state index < -0.39 is 0 Å². The lowest BCUT2D eigenvalue weighted by atomic mass is 10.0. The van der Waals surface area contributed by atoms with Gasteiger partial charge in [-0.3, -0.25) is 4.98 Å². The molecule has 1 atom stereocenters. The Morgan fingerprint density at radius 2 is 1.79 bits per heavy atom. The molecule has 0 aliphatic carbocycles. The third-order valence-electron chi connectivity index (χ3n) is 3.20. The number of nitrogens with zero attached hydrogens (tertiary/aromatic N) is 1. The maximum atomic E-state index is 4.43. The molecule has 94 valence electrons. The van der Waals surface area contributed by atoms with Gasteiger partial charge in [0.1, 0.15) is 0 Å². The van der Waals surface area contributed by atoms with Crippen molar-refractivity contribution < 1.29 is 0 Å². The molecule has 0 radical (unpaired) electrons. The minimum Gasteiger partial charge on any atom is -0.373 e. The van der Waals surface area contributed by atoms with Crippen molar-refractivity contribution in [3.63, 3.8) is 0 Å². The van der Waals surface area contributed by atoms with Crippen LogP contribution in [0.4, 0.5) is 0 Å².